The van der Waals surface area contributed by atoms with Crippen molar-refractivity contribution in [2.24, 2.45) is 5.92 Å². The molecule has 29 heavy (non-hydrogen) atoms. The van der Waals surface area contributed by atoms with Gasteiger partial charge in [0, 0.05) is 12.0 Å². The van der Waals surface area contributed by atoms with E-state index in [1.807, 2.05) is 32.9 Å². The van der Waals surface area contributed by atoms with E-state index in [2.05, 4.69) is 10.6 Å². The standard InChI is InChI=1S/C22H31N3O4/c1-4-29-19-12-8-6-10-16(19)23-20(26)13-18-21(27)24-15-9-5-7-11-17(15)25(18)22(28)14(2)3/h6,8,10,12,14-15,17-18H,4-5,7,9,11,13H2,1-3H3,(H,23,26)(H,24,27)/t15-,17+,18-/m1/s1. The molecular weight excluding hydrogens is 370 g/mol. The van der Waals surface area contributed by atoms with E-state index < -0.39 is 6.04 Å². The number of nitrogens with zero attached hydrogens (tertiary/aromatic N) is 1. The number of carbonyl (C=O) groups is 3. The van der Waals surface area contributed by atoms with Crippen LogP contribution in [0.25, 0.3) is 0 Å². The number of hydrogen-bond donors (Lipinski definition) is 2. The zero-order valence-corrected chi connectivity index (χ0v) is 17.4. The highest BCUT2D eigenvalue weighted by atomic mass is 16.5. The molecule has 1 aromatic carbocycles. The first-order valence-electron chi connectivity index (χ1n) is 10.6. The van der Waals surface area contributed by atoms with Crippen LogP contribution in [0.4, 0.5) is 5.69 Å². The molecule has 2 N–H and O–H groups in total. The van der Waals surface area contributed by atoms with Crippen molar-refractivity contribution in [1.82, 2.24) is 10.2 Å². The van der Waals surface area contributed by atoms with Crippen molar-refractivity contribution < 1.29 is 19.1 Å². The number of ether oxygens (including phenoxy) is 1. The SMILES string of the molecule is CCOc1ccccc1NC(=O)C[C@@H]1C(=O)N[C@@H]2CCCC[C@@H]2N1C(=O)C(C)C. The summed E-state index contributed by atoms with van der Waals surface area (Å²) < 4.78 is 5.55. The van der Waals surface area contributed by atoms with Gasteiger partial charge in [0.1, 0.15) is 11.8 Å². The topological polar surface area (TPSA) is 87.7 Å². The van der Waals surface area contributed by atoms with E-state index in [9.17, 15) is 14.4 Å². The summed E-state index contributed by atoms with van der Waals surface area (Å²) in [5, 5.41) is 5.90. The van der Waals surface area contributed by atoms with Gasteiger partial charge in [0.25, 0.3) is 0 Å². The number of para-hydroxylation sites is 2. The highest BCUT2D eigenvalue weighted by Gasteiger charge is 2.46. The first-order valence-corrected chi connectivity index (χ1v) is 10.6. The molecule has 1 aliphatic heterocycles. The molecule has 3 rings (SSSR count). The van der Waals surface area contributed by atoms with Crippen molar-refractivity contribution in [3.05, 3.63) is 24.3 Å². The lowest BCUT2D eigenvalue weighted by Gasteiger charge is -2.48. The van der Waals surface area contributed by atoms with E-state index in [-0.39, 0.29) is 42.1 Å². The van der Waals surface area contributed by atoms with Crippen molar-refractivity contribution in [2.75, 3.05) is 11.9 Å². The first kappa shape index (κ1) is 21.1. The number of fused-ring (bicyclic) bond motifs is 1. The second kappa shape index (κ2) is 9.29. The monoisotopic (exact) mass is 401 g/mol. The maximum absolute atomic E-state index is 13.0. The van der Waals surface area contributed by atoms with Crippen LogP contribution in [0.3, 0.4) is 0 Å². The molecule has 0 bridgehead atoms. The summed E-state index contributed by atoms with van der Waals surface area (Å²) >= 11 is 0. The van der Waals surface area contributed by atoms with Gasteiger partial charge in [-0.05, 0) is 31.9 Å². The normalized spacial score (nSPS) is 23.9. The summed E-state index contributed by atoms with van der Waals surface area (Å²) in [4.78, 5) is 40.3. The molecule has 7 heteroatoms. The summed E-state index contributed by atoms with van der Waals surface area (Å²) in [7, 11) is 0. The van der Waals surface area contributed by atoms with E-state index in [4.69, 9.17) is 4.74 Å². The third-order valence-electron chi connectivity index (χ3n) is 5.64. The van der Waals surface area contributed by atoms with Crippen molar-refractivity contribution in [1.29, 1.82) is 0 Å². The molecule has 0 radical (unpaired) electrons. The van der Waals surface area contributed by atoms with Gasteiger partial charge in [-0.15, -0.1) is 0 Å². The Labute approximate surface area is 172 Å². The molecule has 2 aliphatic rings. The number of benzene rings is 1. The average Bonchev–Trinajstić information content (AvgIpc) is 2.69. The fourth-order valence-corrected chi connectivity index (χ4v) is 4.28. The fraction of sp³-hybridized carbons (Fsp3) is 0.591. The summed E-state index contributed by atoms with van der Waals surface area (Å²) in [6.07, 6.45) is 3.73. The van der Waals surface area contributed by atoms with Gasteiger partial charge in [-0.25, -0.2) is 0 Å². The molecule has 7 nitrogen and oxygen atoms in total. The van der Waals surface area contributed by atoms with Gasteiger partial charge < -0.3 is 20.3 Å². The maximum atomic E-state index is 13.0. The molecule has 1 aromatic rings. The molecule has 1 aliphatic carbocycles. The number of piperazine rings is 1. The predicted octanol–water partition coefficient (Wildman–Crippen LogP) is 2.71. The van der Waals surface area contributed by atoms with Gasteiger partial charge in [-0.1, -0.05) is 38.8 Å². The second-order valence-electron chi connectivity index (χ2n) is 8.06. The molecule has 3 amide bonds. The quantitative estimate of drug-likeness (QED) is 0.767. The minimum absolute atomic E-state index is 0.0167. The minimum Gasteiger partial charge on any atom is -0.492 e. The van der Waals surface area contributed by atoms with Gasteiger partial charge in [0.2, 0.25) is 17.7 Å². The van der Waals surface area contributed by atoms with Crippen molar-refractivity contribution in [3.8, 4) is 5.75 Å². The smallest absolute Gasteiger partial charge is 0.243 e. The van der Waals surface area contributed by atoms with Crippen LogP contribution in [0.1, 0.15) is 52.9 Å². The van der Waals surface area contributed by atoms with Gasteiger partial charge in [-0.3, -0.25) is 14.4 Å². The van der Waals surface area contributed by atoms with Crippen LogP contribution >= 0.6 is 0 Å². The summed E-state index contributed by atoms with van der Waals surface area (Å²) in [5.41, 5.74) is 0.563. The number of amides is 3. The zero-order valence-electron chi connectivity index (χ0n) is 17.4. The summed E-state index contributed by atoms with van der Waals surface area (Å²) in [6, 6.07) is 6.35. The van der Waals surface area contributed by atoms with E-state index in [0.717, 1.165) is 25.7 Å². The van der Waals surface area contributed by atoms with Crippen molar-refractivity contribution in [2.45, 2.75) is 71.0 Å². The van der Waals surface area contributed by atoms with Crippen molar-refractivity contribution >= 4 is 23.4 Å². The van der Waals surface area contributed by atoms with E-state index >= 15 is 0 Å². The molecule has 2 fully saturated rings. The Kier molecular flexibility index (Phi) is 6.77. The predicted molar refractivity (Wildman–Crippen MR) is 111 cm³/mol. The van der Waals surface area contributed by atoms with E-state index in [1.165, 1.54) is 0 Å². The number of hydrogen-bond acceptors (Lipinski definition) is 4. The van der Waals surface area contributed by atoms with Crippen LogP contribution in [0.5, 0.6) is 5.75 Å². The Bertz CT molecular complexity index is 764. The van der Waals surface area contributed by atoms with Crippen LogP contribution in [0, 0.1) is 5.92 Å². The van der Waals surface area contributed by atoms with Crippen LogP contribution in [0.15, 0.2) is 24.3 Å². The molecule has 1 saturated carbocycles. The third kappa shape index (κ3) is 4.71. The van der Waals surface area contributed by atoms with Gasteiger partial charge in [0.15, 0.2) is 0 Å². The molecule has 1 heterocycles. The highest BCUT2D eigenvalue weighted by Crippen LogP contribution is 2.31. The Hall–Kier alpha value is -2.57. The lowest BCUT2D eigenvalue weighted by atomic mass is 9.84. The Morgan fingerprint density at radius 2 is 1.97 bits per heavy atom. The molecule has 1 saturated heterocycles. The largest absolute Gasteiger partial charge is 0.492 e. The number of anilines is 1. The average molecular weight is 402 g/mol. The lowest BCUT2D eigenvalue weighted by molar-refractivity contribution is -0.154. The Balaban J connectivity index is 1.78. The number of carbonyl (C=O) groups excluding carboxylic acids is 3. The highest BCUT2D eigenvalue weighted by molar-refractivity contribution is 5.98. The Morgan fingerprint density at radius 1 is 1.24 bits per heavy atom. The Morgan fingerprint density at radius 3 is 2.69 bits per heavy atom. The van der Waals surface area contributed by atoms with Crippen LogP contribution < -0.4 is 15.4 Å². The molecule has 0 spiro atoms. The lowest BCUT2D eigenvalue weighted by Crippen LogP contribution is -2.68. The molecule has 0 aromatic heterocycles. The summed E-state index contributed by atoms with van der Waals surface area (Å²) in [6.45, 7) is 6.03. The first-order chi connectivity index (χ1) is 13.9. The minimum atomic E-state index is -0.788. The fourth-order valence-electron chi connectivity index (χ4n) is 4.28. The van der Waals surface area contributed by atoms with E-state index in [1.54, 1.807) is 17.0 Å². The van der Waals surface area contributed by atoms with Gasteiger partial charge >= 0.3 is 0 Å². The van der Waals surface area contributed by atoms with Crippen molar-refractivity contribution in [3.63, 3.8) is 0 Å². The second-order valence-corrected chi connectivity index (χ2v) is 8.06. The zero-order chi connectivity index (χ0) is 21.0. The third-order valence-corrected chi connectivity index (χ3v) is 5.64. The van der Waals surface area contributed by atoms with E-state index in [0.29, 0.717) is 18.0 Å². The maximum Gasteiger partial charge on any atom is 0.243 e. The number of rotatable bonds is 6. The summed E-state index contributed by atoms with van der Waals surface area (Å²) in [5.74, 6) is -0.264. The van der Waals surface area contributed by atoms with Gasteiger partial charge in [-0.2, -0.15) is 0 Å². The van der Waals surface area contributed by atoms with Gasteiger partial charge in [0.05, 0.1) is 24.8 Å². The van der Waals surface area contributed by atoms with Crippen LogP contribution in [-0.4, -0.2) is 47.4 Å². The number of nitrogens with one attached hydrogen (secondary N) is 2. The molecular formula is C22H31N3O4. The van der Waals surface area contributed by atoms with Crippen LogP contribution in [0.2, 0.25) is 0 Å². The molecule has 0 unspecified atom stereocenters. The molecule has 158 valence electrons. The molecule has 3 atom stereocenters. The van der Waals surface area contributed by atoms with Crippen LogP contribution in [-0.2, 0) is 14.4 Å².